The molecular weight excluding hydrogens is 450 g/mol. The maximum Gasteiger partial charge on any atom is 0.0791 e. The minimum atomic E-state index is 0.0464. The molecule has 3 aromatic carbocycles. The van der Waals surface area contributed by atoms with Crippen molar-refractivity contribution in [1.29, 1.82) is 0 Å². The topological polar surface area (TPSA) is 12.9 Å². The van der Waals surface area contributed by atoms with E-state index < -0.39 is 0 Å². The van der Waals surface area contributed by atoms with Crippen molar-refractivity contribution >= 4 is 53.6 Å². The summed E-state index contributed by atoms with van der Waals surface area (Å²) >= 11 is 3.76. The van der Waals surface area contributed by atoms with E-state index in [1.54, 1.807) is 0 Å². The van der Waals surface area contributed by atoms with E-state index in [1.165, 1.54) is 63.0 Å². The molecule has 6 rings (SSSR count). The van der Waals surface area contributed by atoms with Crippen LogP contribution in [-0.4, -0.2) is 4.98 Å². The molecule has 0 bridgehead atoms. The molecule has 0 aliphatic carbocycles. The van der Waals surface area contributed by atoms with Crippen molar-refractivity contribution in [1.82, 2.24) is 4.98 Å². The van der Waals surface area contributed by atoms with Crippen LogP contribution in [-0.2, 0) is 5.41 Å². The van der Waals surface area contributed by atoms with Crippen molar-refractivity contribution in [2.24, 2.45) is 0 Å². The largest absolute Gasteiger partial charge is 0.256 e. The molecule has 0 aliphatic rings. The van der Waals surface area contributed by atoms with Crippen molar-refractivity contribution in [3.63, 3.8) is 0 Å². The Labute approximate surface area is 208 Å². The fourth-order valence-electron chi connectivity index (χ4n) is 5.12. The number of thiophene rings is 2. The van der Waals surface area contributed by atoms with E-state index in [0.717, 1.165) is 5.69 Å². The first-order chi connectivity index (χ1) is 16.3. The standard InChI is InChI=1S/C31H27NS2/c1-18-15-24-23(11-8-12-26(24)33-18)30-19(2)28-27(34-30)13-14-32-29(28)21-16-20-9-6-7-10-22(20)25(17-21)31(3,4)5/h6-17H,1-5H3. The van der Waals surface area contributed by atoms with Crippen LogP contribution in [0.3, 0.4) is 0 Å². The zero-order chi connectivity index (χ0) is 23.6. The van der Waals surface area contributed by atoms with E-state index in [4.69, 9.17) is 4.98 Å². The molecule has 0 unspecified atom stereocenters. The number of aryl methyl sites for hydroxylation is 2. The van der Waals surface area contributed by atoms with Gasteiger partial charge in [-0.1, -0.05) is 57.2 Å². The molecule has 168 valence electrons. The number of pyridine rings is 1. The molecule has 0 atom stereocenters. The third-order valence-electron chi connectivity index (χ3n) is 6.71. The lowest BCUT2D eigenvalue weighted by molar-refractivity contribution is 0.596. The van der Waals surface area contributed by atoms with Gasteiger partial charge in [0, 0.05) is 47.3 Å². The summed E-state index contributed by atoms with van der Waals surface area (Å²) in [6.45, 7) is 11.3. The Morgan fingerprint density at radius 1 is 0.765 bits per heavy atom. The highest BCUT2D eigenvalue weighted by atomic mass is 32.1. The van der Waals surface area contributed by atoms with E-state index in [0.29, 0.717) is 0 Å². The molecule has 0 aliphatic heterocycles. The molecule has 6 aromatic rings. The molecular formula is C31H27NS2. The van der Waals surface area contributed by atoms with Gasteiger partial charge in [-0.05, 0) is 71.5 Å². The van der Waals surface area contributed by atoms with Gasteiger partial charge in [-0.15, -0.1) is 22.7 Å². The minimum absolute atomic E-state index is 0.0464. The predicted molar refractivity (Wildman–Crippen MR) is 152 cm³/mol. The van der Waals surface area contributed by atoms with Crippen molar-refractivity contribution in [2.75, 3.05) is 0 Å². The number of hydrogen-bond donors (Lipinski definition) is 0. The van der Waals surface area contributed by atoms with Gasteiger partial charge in [0.25, 0.3) is 0 Å². The second-order valence-electron chi connectivity index (χ2n) is 10.2. The predicted octanol–water partition coefficient (Wildman–Crippen LogP) is 9.91. The van der Waals surface area contributed by atoms with Gasteiger partial charge in [0.1, 0.15) is 0 Å². The highest BCUT2D eigenvalue weighted by Crippen LogP contribution is 2.45. The summed E-state index contributed by atoms with van der Waals surface area (Å²) in [6, 6.07) is 24.6. The van der Waals surface area contributed by atoms with Crippen LogP contribution in [0.5, 0.6) is 0 Å². The van der Waals surface area contributed by atoms with Crippen LogP contribution in [0.4, 0.5) is 0 Å². The minimum Gasteiger partial charge on any atom is -0.256 e. The van der Waals surface area contributed by atoms with Crippen molar-refractivity contribution in [2.45, 2.75) is 40.0 Å². The van der Waals surface area contributed by atoms with Crippen LogP contribution in [0.1, 0.15) is 36.8 Å². The molecule has 34 heavy (non-hydrogen) atoms. The summed E-state index contributed by atoms with van der Waals surface area (Å²) in [7, 11) is 0. The van der Waals surface area contributed by atoms with Crippen LogP contribution in [0.15, 0.2) is 72.9 Å². The van der Waals surface area contributed by atoms with Gasteiger partial charge in [0.15, 0.2) is 0 Å². The van der Waals surface area contributed by atoms with Crippen LogP contribution >= 0.6 is 22.7 Å². The number of benzene rings is 3. The fraction of sp³-hybridized carbons (Fsp3) is 0.194. The van der Waals surface area contributed by atoms with Gasteiger partial charge in [-0.25, -0.2) is 0 Å². The molecule has 0 N–H and O–H groups in total. The second kappa shape index (κ2) is 7.76. The van der Waals surface area contributed by atoms with Gasteiger partial charge in [0.05, 0.1) is 5.69 Å². The number of hydrogen-bond acceptors (Lipinski definition) is 3. The van der Waals surface area contributed by atoms with E-state index >= 15 is 0 Å². The molecule has 0 fully saturated rings. The average Bonchev–Trinajstić information content (AvgIpc) is 3.36. The van der Waals surface area contributed by atoms with Crippen molar-refractivity contribution in [3.8, 4) is 21.7 Å². The van der Waals surface area contributed by atoms with E-state index in [2.05, 4.69) is 101 Å². The Hall–Kier alpha value is -3.01. The van der Waals surface area contributed by atoms with Crippen molar-refractivity contribution in [3.05, 3.63) is 88.9 Å². The van der Waals surface area contributed by atoms with Crippen LogP contribution in [0, 0.1) is 13.8 Å². The molecule has 3 heteroatoms. The Bertz CT molecular complexity index is 1710. The molecule has 0 saturated heterocycles. The Balaban J connectivity index is 1.63. The number of rotatable bonds is 2. The summed E-state index contributed by atoms with van der Waals surface area (Å²) in [6.07, 6.45) is 1.97. The smallest absolute Gasteiger partial charge is 0.0791 e. The van der Waals surface area contributed by atoms with Crippen molar-refractivity contribution < 1.29 is 0 Å². The van der Waals surface area contributed by atoms with Crippen LogP contribution in [0.2, 0.25) is 0 Å². The Morgan fingerprint density at radius 3 is 2.41 bits per heavy atom. The zero-order valence-electron chi connectivity index (χ0n) is 20.2. The summed E-state index contributed by atoms with van der Waals surface area (Å²) in [5.74, 6) is 0. The highest BCUT2D eigenvalue weighted by molar-refractivity contribution is 7.23. The molecule has 1 nitrogen and oxygen atoms in total. The zero-order valence-corrected chi connectivity index (χ0v) is 21.8. The lowest BCUT2D eigenvalue weighted by Crippen LogP contribution is -2.12. The van der Waals surface area contributed by atoms with Gasteiger partial charge < -0.3 is 0 Å². The number of aromatic nitrogens is 1. The molecule has 3 aromatic heterocycles. The van der Waals surface area contributed by atoms with Gasteiger partial charge in [-0.2, -0.15) is 0 Å². The molecule has 3 heterocycles. The summed E-state index contributed by atoms with van der Waals surface area (Å²) in [5, 5.41) is 5.24. The van der Waals surface area contributed by atoms with E-state index in [9.17, 15) is 0 Å². The lowest BCUT2D eigenvalue weighted by Gasteiger charge is -2.23. The molecule has 0 amide bonds. The SMILES string of the molecule is Cc1cc2c(-c3sc4ccnc(-c5cc(C(C)(C)C)c6ccccc6c5)c4c3C)cccc2s1. The number of nitrogens with zero attached hydrogens (tertiary/aromatic N) is 1. The maximum atomic E-state index is 4.95. The van der Waals surface area contributed by atoms with Crippen LogP contribution < -0.4 is 0 Å². The summed E-state index contributed by atoms with van der Waals surface area (Å²) in [4.78, 5) is 7.66. The maximum absolute atomic E-state index is 4.95. The Kier molecular flexibility index (Phi) is 4.91. The first kappa shape index (κ1) is 21.5. The monoisotopic (exact) mass is 477 g/mol. The lowest BCUT2D eigenvalue weighted by atomic mass is 9.82. The summed E-state index contributed by atoms with van der Waals surface area (Å²) in [5.41, 5.74) is 6.36. The molecule has 0 spiro atoms. The normalized spacial score (nSPS) is 12.3. The molecule has 0 radical (unpaired) electrons. The van der Waals surface area contributed by atoms with Gasteiger partial charge >= 0.3 is 0 Å². The first-order valence-electron chi connectivity index (χ1n) is 11.7. The fourth-order valence-corrected chi connectivity index (χ4v) is 7.31. The van der Waals surface area contributed by atoms with Crippen LogP contribution in [0.25, 0.3) is 52.6 Å². The first-order valence-corrected chi connectivity index (χ1v) is 13.4. The highest BCUT2D eigenvalue weighted by Gasteiger charge is 2.21. The Morgan fingerprint density at radius 2 is 1.59 bits per heavy atom. The third-order valence-corrected chi connectivity index (χ3v) is 9.02. The van der Waals surface area contributed by atoms with Gasteiger partial charge in [-0.3, -0.25) is 4.98 Å². The average molecular weight is 478 g/mol. The van der Waals surface area contributed by atoms with E-state index in [-0.39, 0.29) is 5.41 Å². The van der Waals surface area contributed by atoms with Gasteiger partial charge in [0.2, 0.25) is 0 Å². The number of fused-ring (bicyclic) bond motifs is 3. The second-order valence-corrected chi connectivity index (χ2v) is 12.5. The van der Waals surface area contributed by atoms with E-state index in [1.807, 2.05) is 28.9 Å². The quantitative estimate of drug-likeness (QED) is 0.242. The molecule has 0 saturated carbocycles. The third kappa shape index (κ3) is 3.38. The summed E-state index contributed by atoms with van der Waals surface area (Å²) < 4.78 is 2.65.